The van der Waals surface area contributed by atoms with E-state index in [0.717, 1.165) is 10.9 Å². The van der Waals surface area contributed by atoms with Crippen LogP contribution in [0.1, 0.15) is 5.56 Å². The van der Waals surface area contributed by atoms with Gasteiger partial charge < -0.3 is 9.84 Å². The number of aryl methyl sites for hydroxylation is 1. The van der Waals surface area contributed by atoms with E-state index in [9.17, 15) is 23.1 Å². The quantitative estimate of drug-likeness (QED) is 0.319. The Kier molecular flexibility index (Phi) is 6.57. The van der Waals surface area contributed by atoms with E-state index in [1.165, 1.54) is 42.5 Å². The molecule has 0 aliphatic heterocycles. The summed E-state index contributed by atoms with van der Waals surface area (Å²) in [5.41, 5.74) is -0.714. The van der Waals surface area contributed by atoms with Gasteiger partial charge in [0, 0.05) is 6.07 Å². The van der Waals surface area contributed by atoms with Crippen molar-refractivity contribution in [3.05, 3.63) is 97.2 Å². The topological polar surface area (TPSA) is 143 Å². The number of ether oxygens (including phenoxy) is 1. The molecule has 0 amide bonds. The largest absolute Gasteiger partial charge is 0.506 e. The minimum absolute atomic E-state index is 0.0190. The van der Waals surface area contributed by atoms with Crippen molar-refractivity contribution < 1.29 is 18.3 Å². The van der Waals surface area contributed by atoms with Gasteiger partial charge in [-0.1, -0.05) is 35.3 Å². The minimum Gasteiger partial charge on any atom is -0.506 e. The summed E-state index contributed by atoms with van der Waals surface area (Å²) in [7, 11) is -4.10. The maximum absolute atomic E-state index is 12.7. The molecule has 0 bridgehead atoms. The third kappa shape index (κ3) is 5.16. The molecule has 0 atom stereocenters. The van der Waals surface area contributed by atoms with Gasteiger partial charge in [-0.15, -0.1) is 0 Å². The number of aromatic nitrogens is 3. The van der Waals surface area contributed by atoms with Crippen LogP contribution in [-0.4, -0.2) is 28.3 Å². The average Bonchev–Trinajstić information content (AvgIpc) is 2.78. The van der Waals surface area contributed by atoms with Crippen molar-refractivity contribution in [2.45, 2.75) is 11.8 Å². The summed E-state index contributed by atoms with van der Waals surface area (Å²) in [4.78, 5) is 25.2. The number of sulfonamides is 1. The Morgan fingerprint density at radius 2 is 1.80 bits per heavy atom. The molecule has 35 heavy (non-hydrogen) atoms. The highest BCUT2D eigenvalue weighted by Gasteiger charge is 2.20. The Hall–Kier alpha value is -3.80. The van der Waals surface area contributed by atoms with Gasteiger partial charge in [-0.3, -0.25) is 14.5 Å². The number of aromatic amines is 1. The third-order valence-corrected chi connectivity index (χ3v) is 6.88. The highest BCUT2D eigenvalue weighted by molar-refractivity contribution is 7.92. The Morgan fingerprint density at radius 3 is 2.49 bits per heavy atom. The number of nitrogens with one attached hydrogen (secondary N) is 2. The normalized spacial score (nSPS) is 11.3. The number of anilines is 1. The molecule has 0 saturated heterocycles. The van der Waals surface area contributed by atoms with Gasteiger partial charge in [0.25, 0.3) is 15.6 Å². The first-order valence-corrected chi connectivity index (χ1v) is 12.1. The van der Waals surface area contributed by atoms with Crippen LogP contribution < -0.4 is 20.7 Å². The van der Waals surface area contributed by atoms with Gasteiger partial charge in [-0.2, -0.15) is 9.78 Å². The number of phenolic OH excluding ortho intramolecular Hbond substituents is 1. The molecular weight excluding hydrogens is 519 g/mol. The molecule has 180 valence electrons. The van der Waals surface area contributed by atoms with E-state index >= 15 is 0 Å². The van der Waals surface area contributed by atoms with E-state index < -0.39 is 21.3 Å². The fourth-order valence-electron chi connectivity index (χ4n) is 3.14. The number of nitrogens with zero attached hydrogens (tertiary/aromatic N) is 2. The van der Waals surface area contributed by atoms with Gasteiger partial charge in [0.1, 0.15) is 28.3 Å². The molecule has 0 fully saturated rings. The molecule has 0 aliphatic carbocycles. The summed E-state index contributed by atoms with van der Waals surface area (Å²) in [6.07, 6.45) is 0.955. The Bertz CT molecular complexity index is 1640. The van der Waals surface area contributed by atoms with Crippen molar-refractivity contribution in [2.24, 2.45) is 0 Å². The smallest absolute Gasteiger partial charge is 0.349 e. The highest BCUT2D eigenvalue weighted by Crippen LogP contribution is 2.37. The van der Waals surface area contributed by atoms with E-state index in [2.05, 4.69) is 14.8 Å². The first-order chi connectivity index (χ1) is 16.5. The minimum atomic E-state index is -4.10. The number of H-pyrrole nitrogens is 1. The monoisotopic (exact) mass is 534 g/mol. The lowest BCUT2D eigenvalue weighted by Gasteiger charge is -2.15. The van der Waals surface area contributed by atoms with Crippen LogP contribution in [0.2, 0.25) is 10.0 Å². The lowest BCUT2D eigenvalue weighted by atomic mass is 10.2. The summed E-state index contributed by atoms with van der Waals surface area (Å²) in [6, 6.07) is 12.8. The van der Waals surface area contributed by atoms with E-state index in [1.54, 1.807) is 19.1 Å². The van der Waals surface area contributed by atoms with Crippen LogP contribution >= 0.6 is 23.2 Å². The summed E-state index contributed by atoms with van der Waals surface area (Å²) in [6.45, 7) is 1.67. The van der Waals surface area contributed by atoms with Crippen LogP contribution in [0.25, 0.3) is 5.69 Å². The number of halogens is 2. The zero-order valence-corrected chi connectivity index (χ0v) is 20.1. The number of aromatic hydroxyl groups is 1. The van der Waals surface area contributed by atoms with Crippen molar-refractivity contribution in [3.63, 3.8) is 0 Å². The van der Waals surface area contributed by atoms with Gasteiger partial charge in [0.15, 0.2) is 0 Å². The molecule has 1 aromatic heterocycles. The van der Waals surface area contributed by atoms with Gasteiger partial charge in [0.2, 0.25) is 0 Å². The van der Waals surface area contributed by atoms with Crippen LogP contribution in [-0.2, 0) is 10.0 Å². The molecule has 0 aliphatic rings. The van der Waals surface area contributed by atoms with Crippen LogP contribution in [0, 0.1) is 6.92 Å². The predicted molar refractivity (Wildman–Crippen MR) is 131 cm³/mol. The fourth-order valence-corrected chi connectivity index (χ4v) is 5.03. The Labute approximate surface area is 208 Å². The molecule has 3 N–H and O–H groups in total. The molecule has 4 aromatic rings. The first-order valence-electron chi connectivity index (χ1n) is 9.82. The second-order valence-electron chi connectivity index (χ2n) is 7.24. The van der Waals surface area contributed by atoms with Gasteiger partial charge >= 0.3 is 5.69 Å². The molecule has 0 unspecified atom stereocenters. The van der Waals surface area contributed by atoms with Crippen LogP contribution in [0.3, 0.4) is 0 Å². The predicted octanol–water partition coefficient (Wildman–Crippen LogP) is 3.83. The molecular formula is C22H16Cl2N4O6S. The molecule has 4 rings (SSSR count). The van der Waals surface area contributed by atoms with E-state index in [-0.39, 0.29) is 37.9 Å². The molecule has 13 heteroatoms. The molecule has 10 nitrogen and oxygen atoms in total. The molecule has 3 aromatic carbocycles. The number of hydrogen-bond acceptors (Lipinski definition) is 7. The lowest BCUT2D eigenvalue weighted by Crippen LogP contribution is -2.30. The number of rotatable bonds is 6. The summed E-state index contributed by atoms with van der Waals surface area (Å²) in [5, 5.41) is 14.1. The standard InChI is InChI=1S/C22H16Cl2N4O6S/c1-12-8-13(28-22(31)26-20(30)11-25-28)9-16(24)21(12)34-14-6-7-18(29)17(10-14)27-35(32,33)19-5-3-2-4-15(19)23/h2-11,27,29H,1H3,(H,26,30,31). The SMILES string of the molecule is Cc1cc(-n2ncc(=O)[nH]c2=O)cc(Cl)c1Oc1ccc(O)c(NS(=O)(=O)c2ccccc2Cl)c1. The molecule has 0 radical (unpaired) electrons. The van der Waals surface area contributed by atoms with Gasteiger partial charge in [-0.05, 0) is 48.9 Å². The van der Waals surface area contributed by atoms with E-state index in [1.807, 2.05) is 0 Å². The summed E-state index contributed by atoms with van der Waals surface area (Å²) in [5.74, 6) is 0.0462. The Morgan fingerprint density at radius 1 is 1.06 bits per heavy atom. The second-order valence-corrected chi connectivity index (χ2v) is 9.71. The van der Waals surface area contributed by atoms with Crippen molar-refractivity contribution >= 4 is 38.9 Å². The molecule has 0 saturated carbocycles. The van der Waals surface area contributed by atoms with Gasteiger partial charge in [-0.25, -0.2) is 13.2 Å². The van der Waals surface area contributed by atoms with Crippen LogP contribution in [0.4, 0.5) is 5.69 Å². The van der Waals surface area contributed by atoms with Crippen LogP contribution in [0.5, 0.6) is 17.2 Å². The zero-order chi connectivity index (χ0) is 25.3. The summed E-state index contributed by atoms with van der Waals surface area (Å²) >= 11 is 12.4. The average molecular weight is 535 g/mol. The zero-order valence-electron chi connectivity index (χ0n) is 17.8. The molecule has 0 spiro atoms. The lowest BCUT2D eigenvalue weighted by molar-refractivity contribution is 0.465. The maximum Gasteiger partial charge on any atom is 0.349 e. The highest BCUT2D eigenvalue weighted by atomic mass is 35.5. The van der Waals surface area contributed by atoms with E-state index in [4.69, 9.17) is 27.9 Å². The van der Waals surface area contributed by atoms with Crippen molar-refractivity contribution in [3.8, 4) is 22.9 Å². The number of hydrogen-bond donors (Lipinski definition) is 3. The number of phenols is 1. The summed E-state index contributed by atoms with van der Waals surface area (Å²) < 4.78 is 34.6. The third-order valence-electron chi connectivity index (χ3n) is 4.73. The Balaban J connectivity index is 1.65. The fraction of sp³-hybridized carbons (Fsp3) is 0.0455. The maximum atomic E-state index is 12.7. The number of benzene rings is 3. The van der Waals surface area contributed by atoms with Gasteiger partial charge in [0.05, 0.1) is 21.4 Å². The van der Waals surface area contributed by atoms with Crippen molar-refractivity contribution in [1.29, 1.82) is 0 Å². The van der Waals surface area contributed by atoms with Crippen molar-refractivity contribution in [2.75, 3.05) is 4.72 Å². The molecule has 1 heterocycles. The van der Waals surface area contributed by atoms with Crippen molar-refractivity contribution in [1.82, 2.24) is 14.8 Å². The van der Waals surface area contributed by atoms with E-state index in [0.29, 0.717) is 11.3 Å². The van der Waals surface area contributed by atoms with Crippen LogP contribution in [0.15, 0.2) is 75.3 Å². The first kappa shape index (κ1) is 24.3. The second kappa shape index (κ2) is 9.45.